The summed E-state index contributed by atoms with van der Waals surface area (Å²) in [6.45, 7) is 2.69. The van der Waals surface area contributed by atoms with Gasteiger partial charge in [-0.25, -0.2) is 4.98 Å². The fourth-order valence-corrected chi connectivity index (χ4v) is 5.04. The Kier molecular flexibility index (Phi) is 4.65. The van der Waals surface area contributed by atoms with Crippen molar-refractivity contribution in [1.29, 1.82) is 0 Å². The van der Waals surface area contributed by atoms with Crippen molar-refractivity contribution >= 4 is 33.1 Å². The van der Waals surface area contributed by atoms with Crippen molar-refractivity contribution in [1.82, 2.24) is 10.3 Å². The van der Waals surface area contributed by atoms with Crippen molar-refractivity contribution in [2.45, 2.75) is 44.8 Å². The maximum absolute atomic E-state index is 12.4. The molecule has 0 bridgehead atoms. The fourth-order valence-electron chi connectivity index (χ4n) is 4.23. The first-order valence-electron chi connectivity index (χ1n) is 9.06. The molecule has 1 amide bonds. The molecule has 1 aromatic carbocycles. The van der Waals surface area contributed by atoms with Gasteiger partial charge in [-0.05, 0) is 56.7 Å². The average molecular weight is 359 g/mol. The van der Waals surface area contributed by atoms with Crippen LogP contribution in [0.5, 0.6) is 0 Å². The molecule has 134 valence electrons. The van der Waals surface area contributed by atoms with E-state index in [4.69, 9.17) is 4.74 Å². The number of nitrogens with zero attached hydrogens (tertiary/aromatic N) is 1. The van der Waals surface area contributed by atoms with Gasteiger partial charge >= 0.3 is 0 Å². The number of methoxy groups -OCH3 is 1. The van der Waals surface area contributed by atoms with Crippen LogP contribution in [-0.4, -0.2) is 36.7 Å². The number of aryl methyl sites for hydroxylation is 1. The number of piperidine rings is 1. The predicted octanol–water partition coefficient (Wildman–Crippen LogP) is 3.34. The molecule has 4 unspecified atom stereocenters. The zero-order chi connectivity index (χ0) is 17.4. The van der Waals surface area contributed by atoms with Crippen molar-refractivity contribution in [2.75, 3.05) is 19.0 Å². The minimum atomic E-state index is 0.0183. The van der Waals surface area contributed by atoms with Gasteiger partial charge in [0.2, 0.25) is 5.91 Å². The Hall–Kier alpha value is -1.66. The van der Waals surface area contributed by atoms with E-state index in [0.717, 1.165) is 41.9 Å². The smallest absolute Gasteiger partial charge is 0.225 e. The highest BCUT2D eigenvalue weighted by molar-refractivity contribution is 7.18. The number of carbonyl (C=O) groups is 1. The van der Waals surface area contributed by atoms with Crippen molar-refractivity contribution in [3.05, 3.63) is 23.2 Å². The summed E-state index contributed by atoms with van der Waals surface area (Å²) >= 11 is 1.71. The number of fused-ring (bicyclic) bond motifs is 2. The zero-order valence-corrected chi connectivity index (χ0v) is 15.6. The quantitative estimate of drug-likeness (QED) is 0.879. The monoisotopic (exact) mass is 359 g/mol. The molecule has 2 heterocycles. The third-order valence-electron chi connectivity index (χ3n) is 5.60. The summed E-state index contributed by atoms with van der Waals surface area (Å²) in [7, 11) is 1.79. The second-order valence-corrected chi connectivity index (χ2v) is 8.51. The molecule has 6 heteroatoms. The van der Waals surface area contributed by atoms with Crippen LogP contribution in [-0.2, 0) is 9.53 Å². The van der Waals surface area contributed by atoms with Gasteiger partial charge in [-0.2, -0.15) is 0 Å². The second-order valence-electron chi connectivity index (χ2n) is 7.27. The molecule has 2 aliphatic rings. The molecule has 1 saturated heterocycles. The summed E-state index contributed by atoms with van der Waals surface area (Å²) in [6.07, 6.45) is 4.44. The summed E-state index contributed by atoms with van der Waals surface area (Å²) < 4.78 is 6.74. The Morgan fingerprint density at radius 2 is 2.24 bits per heavy atom. The Bertz CT molecular complexity index is 775. The van der Waals surface area contributed by atoms with E-state index < -0.39 is 0 Å². The third kappa shape index (κ3) is 3.51. The van der Waals surface area contributed by atoms with Crippen LogP contribution < -0.4 is 10.6 Å². The predicted molar refractivity (Wildman–Crippen MR) is 101 cm³/mol. The van der Waals surface area contributed by atoms with Crippen molar-refractivity contribution in [3.8, 4) is 0 Å². The minimum Gasteiger partial charge on any atom is -0.384 e. The number of hydrogen-bond acceptors (Lipinski definition) is 5. The van der Waals surface area contributed by atoms with Crippen LogP contribution in [0.3, 0.4) is 0 Å². The first-order chi connectivity index (χ1) is 12.1. The number of benzene rings is 1. The minimum absolute atomic E-state index is 0.0183. The molecule has 4 rings (SSSR count). The molecular weight excluding hydrogens is 334 g/mol. The summed E-state index contributed by atoms with van der Waals surface area (Å²) in [6, 6.07) is 6.59. The molecule has 1 aromatic heterocycles. The summed E-state index contributed by atoms with van der Waals surface area (Å²) in [5.74, 6) is 0.742. The Morgan fingerprint density at radius 1 is 1.36 bits per heavy atom. The highest BCUT2D eigenvalue weighted by Gasteiger charge is 2.39. The van der Waals surface area contributed by atoms with E-state index >= 15 is 0 Å². The van der Waals surface area contributed by atoms with Crippen molar-refractivity contribution < 1.29 is 9.53 Å². The van der Waals surface area contributed by atoms with Crippen LogP contribution in [0.4, 0.5) is 5.69 Å². The first kappa shape index (κ1) is 16.8. The van der Waals surface area contributed by atoms with Gasteiger partial charge in [-0.3, -0.25) is 4.79 Å². The normalized spacial score (nSPS) is 29.3. The number of aromatic nitrogens is 1. The molecule has 1 aliphatic heterocycles. The molecule has 1 saturated carbocycles. The molecule has 0 spiro atoms. The number of nitrogens with one attached hydrogen (secondary N) is 2. The number of rotatable bonds is 4. The lowest BCUT2D eigenvalue weighted by molar-refractivity contribution is -0.130. The molecule has 1 aliphatic carbocycles. The molecule has 2 fully saturated rings. The summed E-state index contributed by atoms with van der Waals surface area (Å²) in [5.41, 5.74) is 2.06. The van der Waals surface area contributed by atoms with Gasteiger partial charge in [0, 0.05) is 25.4 Å². The van der Waals surface area contributed by atoms with Gasteiger partial charge in [-0.15, -0.1) is 11.3 Å². The number of carbonyl (C=O) groups excluding carboxylic acids is 1. The SMILES string of the molecule is COC1CCC2NC(=O)C(CNc3ccc4sc(C)nc4c3)CC2C1. The molecule has 0 radical (unpaired) electrons. The van der Waals surface area contributed by atoms with Crippen LogP contribution in [0.1, 0.15) is 30.7 Å². The third-order valence-corrected chi connectivity index (χ3v) is 6.55. The number of amides is 1. The standard InChI is InChI=1S/C19H25N3O2S/c1-11-21-17-9-14(3-6-18(17)25-11)20-10-13-7-12-8-15(24-2)4-5-16(12)22-19(13)23/h3,6,9,12-13,15-16,20H,4-5,7-8,10H2,1-2H3,(H,22,23). The summed E-state index contributed by atoms with van der Waals surface area (Å²) in [4.78, 5) is 17.0. The Labute approximate surface area is 152 Å². The average Bonchev–Trinajstić information content (AvgIpc) is 2.98. The molecule has 2 N–H and O–H groups in total. The maximum Gasteiger partial charge on any atom is 0.225 e. The lowest BCUT2D eigenvalue weighted by Crippen LogP contribution is -2.53. The molecule has 4 atom stereocenters. The molecular formula is C19H25N3O2S. The highest BCUT2D eigenvalue weighted by Crippen LogP contribution is 2.34. The molecule has 25 heavy (non-hydrogen) atoms. The number of anilines is 1. The zero-order valence-electron chi connectivity index (χ0n) is 14.7. The lowest BCUT2D eigenvalue weighted by Gasteiger charge is -2.41. The second kappa shape index (κ2) is 6.92. The summed E-state index contributed by atoms with van der Waals surface area (Å²) in [5, 5.41) is 7.76. The lowest BCUT2D eigenvalue weighted by atomic mass is 9.74. The number of thiazole rings is 1. The van der Waals surface area contributed by atoms with Crippen LogP contribution in [0.15, 0.2) is 18.2 Å². The van der Waals surface area contributed by atoms with Gasteiger partial charge in [0.1, 0.15) is 0 Å². The fraction of sp³-hybridized carbons (Fsp3) is 0.579. The van der Waals surface area contributed by atoms with E-state index in [2.05, 4.69) is 33.8 Å². The van der Waals surface area contributed by atoms with E-state index in [-0.39, 0.29) is 11.8 Å². The van der Waals surface area contributed by atoms with E-state index in [1.807, 2.05) is 6.92 Å². The highest BCUT2D eigenvalue weighted by atomic mass is 32.1. The maximum atomic E-state index is 12.4. The van der Waals surface area contributed by atoms with Crippen LogP contribution in [0.25, 0.3) is 10.2 Å². The van der Waals surface area contributed by atoms with Crippen molar-refractivity contribution in [3.63, 3.8) is 0 Å². The van der Waals surface area contributed by atoms with Gasteiger partial charge in [0.15, 0.2) is 0 Å². The Morgan fingerprint density at radius 3 is 3.08 bits per heavy atom. The first-order valence-corrected chi connectivity index (χ1v) is 9.88. The van der Waals surface area contributed by atoms with E-state index in [1.54, 1.807) is 18.4 Å². The van der Waals surface area contributed by atoms with Crippen LogP contribution in [0.2, 0.25) is 0 Å². The van der Waals surface area contributed by atoms with Gasteiger partial charge < -0.3 is 15.4 Å². The number of hydrogen-bond donors (Lipinski definition) is 2. The Balaban J connectivity index is 1.40. The van der Waals surface area contributed by atoms with Gasteiger partial charge in [-0.1, -0.05) is 0 Å². The van der Waals surface area contributed by atoms with Crippen LogP contribution in [0, 0.1) is 18.8 Å². The van der Waals surface area contributed by atoms with E-state index in [9.17, 15) is 4.79 Å². The van der Waals surface area contributed by atoms with Crippen LogP contribution >= 0.6 is 11.3 Å². The van der Waals surface area contributed by atoms with Gasteiger partial charge in [0.05, 0.1) is 27.2 Å². The molecule has 5 nitrogen and oxygen atoms in total. The van der Waals surface area contributed by atoms with Crippen molar-refractivity contribution in [2.24, 2.45) is 11.8 Å². The van der Waals surface area contributed by atoms with Gasteiger partial charge in [0.25, 0.3) is 0 Å². The van der Waals surface area contributed by atoms with E-state index in [0.29, 0.717) is 24.6 Å². The van der Waals surface area contributed by atoms with E-state index in [1.165, 1.54) is 4.70 Å². The topological polar surface area (TPSA) is 63.2 Å². The largest absolute Gasteiger partial charge is 0.384 e. The number of ether oxygens (including phenoxy) is 1. The molecule has 2 aromatic rings.